The van der Waals surface area contributed by atoms with Crippen molar-refractivity contribution in [2.75, 3.05) is 53.9 Å². The van der Waals surface area contributed by atoms with Gasteiger partial charge < -0.3 is 18.9 Å². The van der Waals surface area contributed by atoms with Crippen molar-refractivity contribution in [3.8, 4) is 0 Å². The Labute approximate surface area is 92.8 Å². The summed E-state index contributed by atoms with van der Waals surface area (Å²) in [5, 5.41) is 0. The summed E-state index contributed by atoms with van der Waals surface area (Å²) in [5.74, 6) is 0. The molecule has 0 aliphatic carbocycles. The summed E-state index contributed by atoms with van der Waals surface area (Å²) >= 11 is 0. The largest absolute Gasteiger partial charge is 0.385 e. The fraction of sp³-hybridized carbons (Fsp3) is 1.00. The normalized spacial score (nSPS) is 10.8. The molecule has 0 rings (SSSR count). The number of hydrogen-bond donors (Lipinski definition) is 0. The molecule has 0 spiro atoms. The highest BCUT2D eigenvalue weighted by Gasteiger charge is 1.91. The van der Waals surface area contributed by atoms with Crippen LogP contribution in [0.5, 0.6) is 0 Å². The molecular formula is C11H24O4. The Hall–Kier alpha value is -0.160. The summed E-state index contributed by atoms with van der Waals surface area (Å²) in [7, 11) is 3.40. The minimum atomic E-state index is 0.647. The van der Waals surface area contributed by atoms with Crippen molar-refractivity contribution in [2.45, 2.75) is 19.3 Å². The van der Waals surface area contributed by atoms with E-state index in [4.69, 9.17) is 18.9 Å². The molecule has 0 atom stereocenters. The van der Waals surface area contributed by atoms with E-state index in [1.807, 2.05) is 0 Å². The molecule has 0 radical (unpaired) electrons. The summed E-state index contributed by atoms with van der Waals surface area (Å²) < 4.78 is 20.4. The molecule has 15 heavy (non-hydrogen) atoms. The van der Waals surface area contributed by atoms with Gasteiger partial charge in [-0.25, -0.2) is 0 Å². The van der Waals surface area contributed by atoms with E-state index in [1.54, 1.807) is 14.2 Å². The highest BCUT2D eigenvalue weighted by Crippen LogP contribution is 1.95. The molecule has 92 valence electrons. The Morgan fingerprint density at radius 1 is 0.533 bits per heavy atom. The summed E-state index contributed by atoms with van der Waals surface area (Å²) in [6.45, 7) is 4.29. The molecule has 4 heteroatoms. The second kappa shape index (κ2) is 13.8. The lowest BCUT2D eigenvalue weighted by Crippen LogP contribution is -2.08. The summed E-state index contributed by atoms with van der Waals surface area (Å²) in [6, 6.07) is 0. The molecule has 4 nitrogen and oxygen atoms in total. The third-order valence-electron chi connectivity index (χ3n) is 1.94. The van der Waals surface area contributed by atoms with E-state index in [0.717, 1.165) is 26.1 Å². The maximum atomic E-state index is 5.39. The average Bonchev–Trinajstić information content (AvgIpc) is 2.26. The molecule has 0 aliphatic heterocycles. The quantitative estimate of drug-likeness (QED) is 0.467. The van der Waals surface area contributed by atoms with Gasteiger partial charge in [0, 0.05) is 27.4 Å². The number of methoxy groups -OCH3 is 2. The van der Waals surface area contributed by atoms with E-state index in [0.29, 0.717) is 26.4 Å². The van der Waals surface area contributed by atoms with Crippen molar-refractivity contribution in [3.63, 3.8) is 0 Å². The first-order valence-corrected chi connectivity index (χ1v) is 5.55. The van der Waals surface area contributed by atoms with Crippen LogP contribution in [0.3, 0.4) is 0 Å². The molecule has 0 unspecified atom stereocenters. The Morgan fingerprint density at radius 2 is 1.07 bits per heavy atom. The smallest absolute Gasteiger partial charge is 0.0701 e. The van der Waals surface area contributed by atoms with E-state index >= 15 is 0 Å². The van der Waals surface area contributed by atoms with Gasteiger partial charge in [-0.05, 0) is 19.3 Å². The van der Waals surface area contributed by atoms with E-state index in [9.17, 15) is 0 Å². The topological polar surface area (TPSA) is 36.9 Å². The van der Waals surface area contributed by atoms with Gasteiger partial charge in [0.05, 0.1) is 26.4 Å². The molecule has 0 aromatic carbocycles. The predicted octanol–water partition coefficient (Wildman–Crippen LogP) is 1.48. The molecule has 0 saturated heterocycles. The first kappa shape index (κ1) is 14.8. The first-order chi connectivity index (χ1) is 7.41. The number of hydrogen-bond acceptors (Lipinski definition) is 4. The van der Waals surface area contributed by atoms with E-state index in [-0.39, 0.29) is 0 Å². The summed E-state index contributed by atoms with van der Waals surface area (Å²) in [5.41, 5.74) is 0. The van der Waals surface area contributed by atoms with E-state index in [2.05, 4.69) is 0 Å². The lowest BCUT2D eigenvalue weighted by molar-refractivity contribution is 0.0237. The van der Waals surface area contributed by atoms with Crippen LogP contribution in [0.4, 0.5) is 0 Å². The second-order valence-electron chi connectivity index (χ2n) is 3.27. The van der Waals surface area contributed by atoms with Crippen LogP contribution in [-0.2, 0) is 18.9 Å². The minimum absolute atomic E-state index is 0.647. The monoisotopic (exact) mass is 220 g/mol. The van der Waals surface area contributed by atoms with Crippen LogP contribution in [0.2, 0.25) is 0 Å². The summed E-state index contributed by atoms with van der Waals surface area (Å²) in [4.78, 5) is 0. The highest BCUT2D eigenvalue weighted by molar-refractivity contribution is 4.40. The Kier molecular flexibility index (Phi) is 13.7. The van der Waals surface area contributed by atoms with Crippen LogP contribution in [0.25, 0.3) is 0 Å². The molecule has 0 aromatic heterocycles. The van der Waals surface area contributed by atoms with Gasteiger partial charge in [-0.2, -0.15) is 0 Å². The van der Waals surface area contributed by atoms with Crippen molar-refractivity contribution < 1.29 is 18.9 Å². The SMILES string of the molecule is COCCCCCOCCOCCOC. The van der Waals surface area contributed by atoms with Gasteiger partial charge in [-0.15, -0.1) is 0 Å². The molecule has 0 aliphatic rings. The zero-order valence-electron chi connectivity index (χ0n) is 10.00. The van der Waals surface area contributed by atoms with Crippen LogP contribution in [0, 0.1) is 0 Å². The number of rotatable bonds is 12. The molecule has 0 saturated carbocycles. The molecule has 0 aromatic rings. The van der Waals surface area contributed by atoms with Crippen molar-refractivity contribution in [3.05, 3.63) is 0 Å². The van der Waals surface area contributed by atoms with Gasteiger partial charge >= 0.3 is 0 Å². The third-order valence-corrected chi connectivity index (χ3v) is 1.94. The predicted molar refractivity (Wildman–Crippen MR) is 59.2 cm³/mol. The van der Waals surface area contributed by atoms with Crippen molar-refractivity contribution in [1.29, 1.82) is 0 Å². The van der Waals surface area contributed by atoms with Gasteiger partial charge in [0.1, 0.15) is 0 Å². The fourth-order valence-corrected chi connectivity index (χ4v) is 1.09. The number of unbranched alkanes of at least 4 members (excludes halogenated alkanes) is 2. The molecule has 0 N–H and O–H groups in total. The van der Waals surface area contributed by atoms with Crippen LogP contribution in [0.1, 0.15) is 19.3 Å². The minimum Gasteiger partial charge on any atom is -0.385 e. The van der Waals surface area contributed by atoms with Crippen molar-refractivity contribution in [1.82, 2.24) is 0 Å². The van der Waals surface area contributed by atoms with Gasteiger partial charge in [-0.3, -0.25) is 0 Å². The third kappa shape index (κ3) is 13.8. The highest BCUT2D eigenvalue weighted by atomic mass is 16.5. The van der Waals surface area contributed by atoms with Crippen LogP contribution in [0.15, 0.2) is 0 Å². The fourth-order valence-electron chi connectivity index (χ4n) is 1.09. The lowest BCUT2D eigenvalue weighted by Gasteiger charge is -2.05. The van der Waals surface area contributed by atoms with Crippen LogP contribution in [-0.4, -0.2) is 53.9 Å². The van der Waals surface area contributed by atoms with Crippen LogP contribution < -0.4 is 0 Å². The maximum Gasteiger partial charge on any atom is 0.0701 e. The van der Waals surface area contributed by atoms with Gasteiger partial charge in [0.2, 0.25) is 0 Å². The zero-order valence-corrected chi connectivity index (χ0v) is 10.00. The summed E-state index contributed by atoms with van der Waals surface area (Å²) in [6.07, 6.45) is 3.38. The van der Waals surface area contributed by atoms with Gasteiger partial charge in [0.15, 0.2) is 0 Å². The molecule has 0 amide bonds. The maximum absolute atomic E-state index is 5.39. The molecule has 0 bridgehead atoms. The zero-order chi connectivity index (χ0) is 11.2. The molecule has 0 fully saturated rings. The first-order valence-electron chi connectivity index (χ1n) is 5.55. The Balaban J connectivity index is 2.81. The second-order valence-corrected chi connectivity index (χ2v) is 3.27. The molecular weight excluding hydrogens is 196 g/mol. The Bertz CT molecular complexity index is 96.8. The van der Waals surface area contributed by atoms with Crippen LogP contribution >= 0.6 is 0 Å². The molecule has 0 heterocycles. The van der Waals surface area contributed by atoms with E-state index < -0.39 is 0 Å². The van der Waals surface area contributed by atoms with Gasteiger partial charge in [0.25, 0.3) is 0 Å². The average molecular weight is 220 g/mol. The van der Waals surface area contributed by atoms with Crippen molar-refractivity contribution >= 4 is 0 Å². The van der Waals surface area contributed by atoms with E-state index in [1.165, 1.54) is 6.42 Å². The number of ether oxygens (including phenoxy) is 4. The van der Waals surface area contributed by atoms with Gasteiger partial charge in [-0.1, -0.05) is 0 Å². The lowest BCUT2D eigenvalue weighted by atomic mass is 10.2. The standard InChI is InChI=1S/C11H24O4/c1-12-6-4-3-5-7-14-10-11-15-9-8-13-2/h3-11H2,1-2H3. The van der Waals surface area contributed by atoms with Crippen molar-refractivity contribution in [2.24, 2.45) is 0 Å². The Morgan fingerprint density at radius 3 is 1.73 bits per heavy atom.